The van der Waals surface area contributed by atoms with Gasteiger partial charge in [0, 0.05) is 22.7 Å². The van der Waals surface area contributed by atoms with E-state index in [9.17, 15) is 9.59 Å². The van der Waals surface area contributed by atoms with Gasteiger partial charge in [0.05, 0.1) is 12.7 Å². The first kappa shape index (κ1) is 18.8. The first-order chi connectivity index (χ1) is 13.1. The largest absolute Gasteiger partial charge is 0.496 e. The Balaban J connectivity index is 1.52. The van der Waals surface area contributed by atoms with Crippen molar-refractivity contribution >= 4 is 29.6 Å². The van der Waals surface area contributed by atoms with Crippen LogP contribution >= 0.6 is 11.6 Å². The van der Waals surface area contributed by atoms with Crippen LogP contribution in [0.1, 0.15) is 11.1 Å². The zero-order valence-electron chi connectivity index (χ0n) is 14.7. The highest BCUT2D eigenvalue weighted by molar-refractivity contribution is 6.30. The number of amides is 1. The summed E-state index contributed by atoms with van der Waals surface area (Å²) in [4.78, 5) is 24.1. The number of carbonyl (C=O) groups is 2. The molecular formula is C20H18ClNO5. The van der Waals surface area contributed by atoms with E-state index in [2.05, 4.69) is 5.32 Å². The minimum absolute atomic E-state index is 0.0797. The summed E-state index contributed by atoms with van der Waals surface area (Å²) in [5.41, 5.74) is 1.85. The maximum Gasteiger partial charge on any atom is 0.338 e. The van der Waals surface area contributed by atoms with E-state index in [1.165, 1.54) is 0 Å². The van der Waals surface area contributed by atoms with Crippen molar-refractivity contribution in [3.8, 4) is 11.5 Å². The van der Waals surface area contributed by atoms with Gasteiger partial charge in [-0.05, 0) is 30.3 Å². The van der Waals surface area contributed by atoms with Gasteiger partial charge in [0.1, 0.15) is 18.1 Å². The number of hydrogen-bond donors (Lipinski definition) is 1. The fraction of sp³-hybridized carbons (Fsp3) is 0.200. The Morgan fingerprint density at radius 1 is 1.22 bits per heavy atom. The molecule has 3 rings (SSSR count). The number of nitrogens with one attached hydrogen (secondary N) is 1. The van der Waals surface area contributed by atoms with Crippen LogP contribution in [0.25, 0.3) is 6.08 Å². The average molecular weight is 388 g/mol. The fourth-order valence-electron chi connectivity index (χ4n) is 2.58. The standard InChI is InChI=1S/C20H18ClNO5/c1-25-17-5-3-2-4-13(17)10-22-19(23)12-27-20(24)15-8-14-9-16(21)6-7-18(14)26-11-15/h2-9H,10-12H2,1H3,(H,22,23). The molecule has 0 radical (unpaired) electrons. The lowest BCUT2D eigenvalue weighted by Crippen LogP contribution is -2.29. The molecule has 0 unspecified atom stereocenters. The zero-order valence-corrected chi connectivity index (χ0v) is 15.4. The number of fused-ring (bicyclic) bond motifs is 1. The summed E-state index contributed by atoms with van der Waals surface area (Å²) in [6.45, 7) is -0.0257. The van der Waals surface area contributed by atoms with Crippen molar-refractivity contribution in [1.29, 1.82) is 0 Å². The summed E-state index contributed by atoms with van der Waals surface area (Å²) in [6.07, 6.45) is 1.65. The van der Waals surface area contributed by atoms with Gasteiger partial charge in [-0.2, -0.15) is 0 Å². The smallest absolute Gasteiger partial charge is 0.338 e. The van der Waals surface area contributed by atoms with E-state index in [4.69, 9.17) is 25.8 Å². The molecule has 7 heteroatoms. The summed E-state index contributed by atoms with van der Waals surface area (Å²) >= 11 is 5.95. The molecule has 0 saturated carbocycles. The van der Waals surface area contributed by atoms with Crippen molar-refractivity contribution in [2.75, 3.05) is 20.3 Å². The Hall–Kier alpha value is -2.99. The van der Waals surface area contributed by atoms with Gasteiger partial charge < -0.3 is 19.5 Å². The molecule has 1 amide bonds. The molecule has 2 aromatic rings. The Kier molecular flexibility index (Phi) is 5.98. The number of halogens is 1. The number of esters is 1. The molecule has 6 nitrogen and oxygen atoms in total. The fourth-order valence-corrected chi connectivity index (χ4v) is 2.76. The van der Waals surface area contributed by atoms with Crippen molar-refractivity contribution in [3.63, 3.8) is 0 Å². The Labute approximate surface area is 161 Å². The summed E-state index contributed by atoms with van der Waals surface area (Å²) < 4.78 is 15.8. The SMILES string of the molecule is COc1ccccc1CNC(=O)COC(=O)C1=Cc2cc(Cl)ccc2OC1. The molecule has 0 spiro atoms. The number of carbonyl (C=O) groups excluding carboxylic acids is 2. The van der Waals surface area contributed by atoms with Crippen molar-refractivity contribution in [3.05, 3.63) is 64.2 Å². The van der Waals surface area contributed by atoms with Gasteiger partial charge >= 0.3 is 5.97 Å². The second-order valence-electron chi connectivity index (χ2n) is 5.81. The molecule has 1 N–H and O–H groups in total. The van der Waals surface area contributed by atoms with E-state index in [1.54, 1.807) is 37.5 Å². The lowest BCUT2D eigenvalue weighted by molar-refractivity contribution is -0.145. The highest BCUT2D eigenvalue weighted by atomic mass is 35.5. The number of methoxy groups -OCH3 is 1. The van der Waals surface area contributed by atoms with Gasteiger partial charge in [0.25, 0.3) is 5.91 Å². The first-order valence-electron chi connectivity index (χ1n) is 8.25. The molecule has 140 valence electrons. The van der Waals surface area contributed by atoms with Crippen LogP contribution in [-0.2, 0) is 20.9 Å². The Morgan fingerprint density at radius 2 is 2.04 bits per heavy atom. The number of rotatable bonds is 6. The quantitative estimate of drug-likeness (QED) is 0.771. The van der Waals surface area contributed by atoms with E-state index in [-0.39, 0.29) is 19.8 Å². The minimum atomic E-state index is -0.604. The molecule has 0 bridgehead atoms. The Morgan fingerprint density at radius 3 is 2.85 bits per heavy atom. The van der Waals surface area contributed by atoms with Gasteiger partial charge in [0.15, 0.2) is 6.61 Å². The number of para-hydroxylation sites is 1. The topological polar surface area (TPSA) is 73.9 Å². The second-order valence-corrected chi connectivity index (χ2v) is 6.24. The molecule has 27 heavy (non-hydrogen) atoms. The van der Waals surface area contributed by atoms with Gasteiger partial charge in [-0.15, -0.1) is 0 Å². The summed E-state index contributed by atoms with van der Waals surface area (Å²) in [5.74, 6) is 0.310. The normalized spacial score (nSPS) is 12.3. The van der Waals surface area contributed by atoms with Crippen LogP contribution in [0.5, 0.6) is 11.5 Å². The predicted octanol–water partition coefficient (Wildman–Crippen LogP) is 2.98. The van der Waals surface area contributed by atoms with Crippen LogP contribution < -0.4 is 14.8 Å². The maximum atomic E-state index is 12.2. The third kappa shape index (κ3) is 4.80. The lowest BCUT2D eigenvalue weighted by atomic mass is 10.1. The van der Waals surface area contributed by atoms with Crippen LogP contribution in [0, 0.1) is 0 Å². The lowest BCUT2D eigenvalue weighted by Gasteiger charge is -2.17. The van der Waals surface area contributed by atoms with Crippen molar-refractivity contribution in [1.82, 2.24) is 5.32 Å². The van der Waals surface area contributed by atoms with Crippen LogP contribution in [0.15, 0.2) is 48.0 Å². The zero-order chi connectivity index (χ0) is 19.2. The highest BCUT2D eigenvalue weighted by Crippen LogP contribution is 2.29. The second kappa shape index (κ2) is 8.60. The van der Waals surface area contributed by atoms with Crippen molar-refractivity contribution in [2.24, 2.45) is 0 Å². The van der Waals surface area contributed by atoms with Gasteiger partial charge in [-0.1, -0.05) is 29.8 Å². The summed E-state index contributed by atoms with van der Waals surface area (Å²) in [7, 11) is 1.56. The molecule has 1 aliphatic heterocycles. The monoisotopic (exact) mass is 387 g/mol. The minimum Gasteiger partial charge on any atom is -0.496 e. The molecule has 0 aromatic heterocycles. The van der Waals surface area contributed by atoms with Gasteiger partial charge in [-0.25, -0.2) is 4.79 Å². The van der Waals surface area contributed by atoms with Crippen LogP contribution in [0.3, 0.4) is 0 Å². The highest BCUT2D eigenvalue weighted by Gasteiger charge is 2.19. The number of ether oxygens (including phenoxy) is 3. The molecule has 1 heterocycles. The third-order valence-electron chi connectivity index (χ3n) is 3.95. The predicted molar refractivity (Wildman–Crippen MR) is 101 cm³/mol. The molecule has 0 fully saturated rings. The van der Waals surface area contributed by atoms with Gasteiger partial charge in [0.2, 0.25) is 0 Å². The maximum absolute atomic E-state index is 12.2. The molecule has 2 aromatic carbocycles. The van der Waals surface area contributed by atoms with E-state index in [1.807, 2.05) is 18.2 Å². The molecule has 1 aliphatic rings. The molecule has 0 atom stereocenters. The number of benzene rings is 2. The molecule has 0 aliphatic carbocycles. The summed E-state index contributed by atoms with van der Waals surface area (Å²) in [6, 6.07) is 12.5. The Bertz CT molecular complexity index is 894. The van der Waals surface area contributed by atoms with E-state index in [0.29, 0.717) is 27.7 Å². The van der Waals surface area contributed by atoms with E-state index in [0.717, 1.165) is 5.56 Å². The van der Waals surface area contributed by atoms with Crippen LogP contribution in [0.2, 0.25) is 5.02 Å². The van der Waals surface area contributed by atoms with Crippen LogP contribution in [0.4, 0.5) is 0 Å². The number of hydrogen-bond acceptors (Lipinski definition) is 5. The van der Waals surface area contributed by atoms with Crippen LogP contribution in [-0.4, -0.2) is 32.2 Å². The third-order valence-corrected chi connectivity index (χ3v) is 4.18. The average Bonchev–Trinajstić information content (AvgIpc) is 2.70. The summed E-state index contributed by atoms with van der Waals surface area (Å²) in [5, 5.41) is 3.23. The van der Waals surface area contributed by atoms with Crippen molar-refractivity contribution < 1.29 is 23.8 Å². The van der Waals surface area contributed by atoms with E-state index >= 15 is 0 Å². The first-order valence-corrected chi connectivity index (χ1v) is 8.63. The van der Waals surface area contributed by atoms with Crippen molar-refractivity contribution in [2.45, 2.75) is 6.54 Å². The van der Waals surface area contributed by atoms with E-state index < -0.39 is 11.9 Å². The molecule has 0 saturated heterocycles. The van der Waals surface area contributed by atoms with Gasteiger partial charge in [-0.3, -0.25) is 4.79 Å². The molecular weight excluding hydrogens is 370 g/mol.